The molecule has 0 bridgehead atoms. The largest absolute Gasteiger partial charge is 0.573 e. The Morgan fingerprint density at radius 2 is 2.00 bits per heavy atom. The van der Waals surface area contributed by atoms with E-state index in [1.165, 1.54) is 0 Å². The second-order valence-corrected chi connectivity index (χ2v) is 2.36. The van der Waals surface area contributed by atoms with E-state index in [1.807, 2.05) is 0 Å². The molecule has 0 aliphatic heterocycles. The SMILES string of the molecule is NCc1cncc(OC(F)(F)F)c1F. The van der Waals surface area contributed by atoms with Crippen molar-refractivity contribution >= 4 is 0 Å². The van der Waals surface area contributed by atoms with Crippen molar-refractivity contribution in [3.05, 3.63) is 23.8 Å². The predicted octanol–water partition coefficient (Wildman–Crippen LogP) is 1.58. The minimum absolute atomic E-state index is 0.133. The van der Waals surface area contributed by atoms with Crippen LogP contribution in [0.2, 0.25) is 0 Å². The summed E-state index contributed by atoms with van der Waals surface area (Å²) in [5.74, 6) is -2.11. The molecule has 78 valence electrons. The lowest BCUT2D eigenvalue weighted by molar-refractivity contribution is -0.275. The number of nitrogens with two attached hydrogens (primary N) is 1. The molecule has 0 fully saturated rings. The monoisotopic (exact) mass is 210 g/mol. The third-order valence-corrected chi connectivity index (χ3v) is 1.37. The highest BCUT2D eigenvalue weighted by atomic mass is 19.4. The van der Waals surface area contributed by atoms with Gasteiger partial charge in [0.05, 0.1) is 6.20 Å². The maximum absolute atomic E-state index is 13.1. The molecule has 7 heteroatoms. The van der Waals surface area contributed by atoms with Gasteiger partial charge in [-0.3, -0.25) is 4.98 Å². The van der Waals surface area contributed by atoms with Crippen LogP contribution in [0.1, 0.15) is 5.56 Å². The lowest BCUT2D eigenvalue weighted by Gasteiger charge is -2.10. The number of hydrogen-bond acceptors (Lipinski definition) is 3. The molecule has 1 heterocycles. The fraction of sp³-hybridized carbons (Fsp3) is 0.286. The average Bonchev–Trinajstić information content (AvgIpc) is 2.06. The highest BCUT2D eigenvalue weighted by Gasteiger charge is 2.32. The van der Waals surface area contributed by atoms with Gasteiger partial charge in [-0.15, -0.1) is 13.2 Å². The van der Waals surface area contributed by atoms with E-state index >= 15 is 0 Å². The summed E-state index contributed by atoms with van der Waals surface area (Å²) in [5, 5.41) is 0. The fourth-order valence-corrected chi connectivity index (χ4v) is 0.805. The second-order valence-electron chi connectivity index (χ2n) is 2.36. The number of aromatic nitrogens is 1. The molecule has 0 atom stereocenters. The first kappa shape index (κ1) is 10.7. The first-order valence-corrected chi connectivity index (χ1v) is 3.52. The zero-order chi connectivity index (χ0) is 10.8. The van der Waals surface area contributed by atoms with E-state index in [4.69, 9.17) is 5.73 Å². The number of nitrogens with zero attached hydrogens (tertiary/aromatic N) is 1. The number of hydrogen-bond donors (Lipinski definition) is 1. The molecule has 0 saturated carbocycles. The second kappa shape index (κ2) is 3.79. The Balaban J connectivity index is 2.98. The molecule has 0 unspecified atom stereocenters. The van der Waals surface area contributed by atoms with Crippen LogP contribution in [-0.4, -0.2) is 11.3 Å². The Morgan fingerprint density at radius 1 is 1.36 bits per heavy atom. The number of ether oxygens (including phenoxy) is 1. The fourth-order valence-electron chi connectivity index (χ4n) is 0.805. The Labute approximate surface area is 76.5 Å². The standard InChI is InChI=1S/C7H6F4N2O/c8-6-4(1-12)2-13-3-5(6)14-7(9,10)11/h2-3H,1,12H2. The van der Waals surface area contributed by atoms with Crippen LogP contribution >= 0.6 is 0 Å². The van der Waals surface area contributed by atoms with Crippen molar-refractivity contribution in [3.8, 4) is 5.75 Å². The normalized spacial score (nSPS) is 11.5. The third-order valence-electron chi connectivity index (χ3n) is 1.37. The molecule has 1 rings (SSSR count). The maximum atomic E-state index is 13.1. The molecule has 1 aromatic heterocycles. The van der Waals surface area contributed by atoms with Gasteiger partial charge in [0.1, 0.15) is 0 Å². The molecule has 1 aromatic rings. The number of halogens is 4. The van der Waals surface area contributed by atoms with Gasteiger partial charge in [0.2, 0.25) is 0 Å². The van der Waals surface area contributed by atoms with Crippen LogP contribution < -0.4 is 10.5 Å². The average molecular weight is 210 g/mol. The van der Waals surface area contributed by atoms with Gasteiger partial charge in [-0.05, 0) is 0 Å². The molecule has 0 aromatic carbocycles. The highest BCUT2D eigenvalue weighted by molar-refractivity contribution is 5.26. The summed E-state index contributed by atoms with van der Waals surface area (Å²) in [7, 11) is 0. The Morgan fingerprint density at radius 3 is 2.50 bits per heavy atom. The Hall–Kier alpha value is -1.37. The van der Waals surface area contributed by atoms with Gasteiger partial charge < -0.3 is 10.5 Å². The highest BCUT2D eigenvalue weighted by Crippen LogP contribution is 2.25. The minimum Gasteiger partial charge on any atom is -0.401 e. The summed E-state index contributed by atoms with van der Waals surface area (Å²) >= 11 is 0. The van der Waals surface area contributed by atoms with Crippen LogP contribution in [0.4, 0.5) is 17.6 Å². The smallest absolute Gasteiger partial charge is 0.401 e. The summed E-state index contributed by atoms with van der Waals surface area (Å²) in [4.78, 5) is 3.36. The van der Waals surface area contributed by atoms with Crippen molar-refractivity contribution in [2.75, 3.05) is 0 Å². The third kappa shape index (κ3) is 2.56. The van der Waals surface area contributed by atoms with Gasteiger partial charge >= 0.3 is 6.36 Å². The topological polar surface area (TPSA) is 48.1 Å². The van der Waals surface area contributed by atoms with Crippen molar-refractivity contribution in [1.29, 1.82) is 0 Å². The van der Waals surface area contributed by atoms with Crippen molar-refractivity contribution in [3.63, 3.8) is 0 Å². The number of rotatable bonds is 2. The van der Waals surface area contributed by atoms with E-state index in [0.29, 0.717) is 6.20 Å². The minimum atomic E-state index is -4.93. The zero-order valence-corrected chi connectivity index (χ0v) is 6.81. The van der Waals surface area contributed by atoms with Gasteiger partial charge in [-0.2, -0.15) is 0 Å². The van der Waals surface area contributed by atoms with Gasteiger partial charge in [-0.1, -0.05) is 0 Å². The van der Waals surface area contributed by atoms with Crippen molar-refractivity contribution in [2.45, 2.75) is 12.9 Å². The number of pyridine rings is 1. The molecule has 0 amide bonds. The summed E-state index contributed by atoms with van der Waals surface area (Å²) in [6, 6.07) is 0. The first-order chi connectivity index (χ1) is 6.44. The van der Waals surface area contributed by atoms with Crippen LogP contribution in [0.3, 0.4) is 0 Å². The molecule has 0 aliphatic rings. The molecule has 0 spiro atoms. The van der Waals surface area contributed by atoms with Crippen LogP contribution in [0.15, 0.2) is 12.4 Å². The van der Waals surface area contributed by atoms with Crippen LogP contribution in [0.25, 0.3) is 0 Å². The van der Waals surface area contributed by atoms with Crippen molar-refractivity contribution in [2.24, 2.45) is 5.73 Å². The summed E-state index contributed by atoms with van der Waals surface area (Å²) < 4.78 is 51.6. The number of alkyl halides is 3. The van der Waals surface area contributed by atoms with Gasteiger partial charge in [0.25, 0.3) is 0 Å². The molecule has 0 saturated heterocycles. The molecule has 14 heavy (non-hydrogen) atoms. The quantitative estimate of drug-likeness (QED) is 0.754. The van der Waals surface area contributed by atoms with Crippen LogP contribution in [-0.2, 0) is 6.54 Å². The van der Waals surface area contributed by atoms with Gasteiger partial charge in [0, 0.05) is 18.3 Å². The Kier molecular flexibility index (Phi) is 2.90. The van der Waals surface area contributed by atoms with E-state index in [0.717, 1.165) is 6.20 Å². The van der Waals surface area contributed by atoms with Gasteiger partial charge in [0.15, 0.2) is 11.6 Å². The Bertz CT molecular complexity index is 326. The molecular weight excluding hydrogens is 204 g/mol. The lowest BCUT2D eigenvalue weighted by atomic mass is 10.2. The van der Waals surface area contributed by atoms with E-state index in [9.17, 15) is 17.6 Å². The summed E-state index contributed by atoms with van der Waals surface area (Å²) in [6.45, 7) is -0.242. The molecular formula is C7H6F4N2O. The molecule has 0 aliphatic carbocycles. The van der Waals surface area contributed by atoms with E-state index in [2.05, 4.69) is 9.72 Å². The van der Waals surface area contributed by atoms with Crippen LogP contribution in [0.5, 0.6) is 5.75 Å². The summed E-state index contributed by atoms with van der Waals surface area (Å²) in [6.07, 6.45) is -3.25. The molecule has 3 nitrogen and oxygen atoms in total. The van der Waals surface area contributed by atoms with E-state index in [1.54, 1.807) is 0 Å². The van der Waals surface area contributed by atoms with Crippen LogP contribution in [0, 0.1) is 5.82 Å². The molecule has 0 radical (unpaired) electrons. The lowest BCUT2D eigenvalue weighted by Crippen LogP contribution is -2.18. The predicted molar refractivity (Wildman–Crippen MR) is 38.8 cm³/mol. The zero-order valence-electron chi connectivity index (χ0n) is 6.81. The maximum Gasteiger partial charge on any atom is 0.573 e. The first-order valence-electron chi connectivity index (χ1n) is 3.52. The van der Waals surface area contributed by atoms with E-state index < -0.39 is 17.9 Å². The molecule has 2 N–H and O–H groups in total. The van der Waals surface area contributed by atoms with Crippen molar-refractivity contribution in [1.82, 2.24) is 4.98 Å². The summed E-state index contributed by atoms with van der Waals surface area (Å²) in [5.41, 5.74) is 4.93. The van der Waals surface area contributed by atoms with Gasteiger partial charge in [-0.25, -0.2) is 4.39 Å². The van der Waals surface area contributed by atoms with Crippen molar-refractivity contribution < 1.29 is 22.3 Å². The van der Waals surface area contributed by atoms with E-state index in [-0.39, 0.29) is 12.1 Å².